The van der Waals surface area contributed by atoms with E-state index < -0.39 is 6.26 Å². The van der Waals surface area contributed by atoms with Crippen LogP contribution in [0.2, 0.25) is 0 Å². The molecular formula is C6H13OPS. The summed E-state index contributed by atoms with van der Waals surface area (Å²) in [6, 6.07) is 0. The van der Waals surface area contributed by atoms with E-state index in [-0.39, 0.29) is 0 Å². The van der Waals surface area contributed by atoms with Gasteiger partial charge in [-0.15, -0.1) is 0 Å². The van der Waals surface area contributed by atoms with Gasteiger partial charge in [0, 0.05) is 6.16 Å². The standard InChI is InChI=1S/C6H13OPS/c1-3-8(9)5-4-6(2)7-8/h6H,3-5H2,1-2H3/t6-,8-/m1/s1. The quantitative estimate of drug-likeness (QED) is 0.549. The molecule has 2 atom stereocenters. The molecule has 0 bridgehead atoms. The average molecular weight is 164 g/mol. The third-order valence-corrected chi connectivity index (χ3v) is 5.96. The van der Waals surface area contributed by atoms with Crippen LogP contribution in [0, 0.1) is 0 Å². The lowest BCUT2D eigenvalue weighted by Crippen LogP contribution is -1.94. The monoisotopic (exact) mass is 164 g/mol. The van der Waals surface area contributed by atoms with Gasteiger partial charge in [-0.2, -0.15) is 0 Å². The van der Waals surface area contributed by atoms with Gasteiger partial charge in [-0.1, -0.05) is 18.7 Å². The highest BCUT2D eigenvalue weighted by molar-refractivity contribution is 8.12. The average Bonchev–Trinajstić information content (AvgIpc) is 2.13. The molecule has 1 heterocycles. The van der Waals surface area contributed by atoms with Gasteiger partial charge in [-0.25, -0.2) is 0 Å². The molecule has 1 fully saturated rings. The minimum atomic E-state index is -1.27. The van der Waals surface area contributed by atoms with Gasteiger partial charge in [0.2, 0.25) is 0 Å². The smallest absolute Gasteiger partial charge is 0.0676 e. The first-order valence-electron chi connectivity index (χ1n) is 3.43. The summed E-state index contributed by atoms with van der Waals surface area (Å²) in [6.45, 7) is 4.25. The number of hydrogen-bond acceptors (Lipinski definition) is 2. The molecular weight excluding hydrogens is 151 g/mol. The molecule has 1 saturated heterocycles. The first-order chi connectivity index (χ1) is 4.16. The highest BCUT2D eigenvalue weighted by Gasteiger charge is 2.26. The highest BCUT2D eigenvalue weighted by atomic mass is 32.4. The van der Waals surface area contributed by atoms with Crippen molar-refractivity contribution in [1.82, 2.24) is 0 Å². The second-order valence-electron chi connectivity index (χ2n) is 2.56. The minimum absolute atomic E-state index is 0.441. The Morgan fingerprint density at radius 3 is 2.67 bits per heavy atom. The predicted octanol–water partition coefficient (Wildman–Crippen LogP) is 2.21. The van der Waals surface area contributed by atoms with Crippen molar-refractivity contribution in [1.29, 1.82) is 0 Å². The van der Waals surface area contributed by atoms with Gasteiger partial charge in [-0.05, 0) is 19.5 Å². The third-order valence-electron chi connectivity index (χ3n) is 1.73. The van der Waals surface area contributed by atoms with Crippen molar-refractivity contribution in [3.63, 3.8) is 0 Å². The Morgan fingerprint density at radius 2 is 2.44 bits per heavy atom. The molecule has 1 rings (SSSR count). The van der Waals surface area contributed by atoms with Gasteiger partial charge < -0.3 is 4.52 Å². The molecule has 0 radical (unpaired) electrons. The summed E-state index contributed by atoms with van der Waals surface area (Å²) in [7, 11) is 0. The summed E-state index contributed by atoms with van der Waals surface area (Å²) >= 11 is 5.33. The zero-order valence-electron chi connectivity index (χ0n) is 5.96. The van der Waals surface area contributed by atoms with Crippen LogP contribution in [0.1, 0.15) is 20.3 Å². The molecule has 54 valence electrons. The van der Waals surface area contributed by atoms with E-state index >= 15 is 0 Å². The molecule has 3 heteroatoms. The molecule has 1 aliphatic rings. The van der Waals surface area contributed by atoms with Crippen LogP contribution in [-0.2, 0) is 16.3 Å². The molecule has 0 aromatic heterocycles. The maximum Gasteiger partial charge on any atom is 0.0676 e. The van der Waals surface area contributed by atoms with Crippen LogP contribution in [0.15, 0.2) is 0 Å². The molecule has 9 heavy (non-hydrogen) atoms. The van der Waals surface area contributed by atoms with Gasteiger partial charge in [0.25, 0.3) is 0 Å². The molecule has 0 aromatic rings. The lowest BCUT2D eigenvalue weighted by atomic mass is 10.3. The van der Waals surface area contributed by atoms with Crippen LogP contribution in [0.5, 0.6) is 0 Å². The van der Waals surface area contributed by atoms with E-state index in [0.29, 0.717) is 6.10 Å². The second-order valence-corrected chi connectivity index (χ2v) is 7.48. The normalized spacial score (nSPS) is 43.6. The molecule has 1 nitrogen and oxygen atoms in total. The fraction of sp³-hybridized carbons (Fsp3) is 1.00. The van der Waals surface area contributed by atoms with Crippen LogP contribution in [0.3, 0.4) is 0 Å². The maximum atomic E-state index is 5.62. The van der Waals surface area contributed by atoms with Gasteiger partial charge in [0.15, 0.2) is 0 Å². The first kappa shape index (κ1) is 7.71. The topological polar surface area (TPSA) is 9.23 Å². The van der Waals surface area contributed by atoms with Gasteiger partial charge in [0.1, 0.15) is 0 Å². The second kappa shape index (κ2) is 2.69. The van der Waals surface area contributed by atoms with Crippen LogP contribution < -0.4 is 0 Å². The zero-order valence-corrected chi connectivity index (χ0v) is 7.67. The first-order valence-corrected chi connectivity index (χ1v) is 6.52. The summed E-state index contributed by atoms with van der Waals surface area (Å²) < 4.78 is 5.62. The third kappa shape index (κ3) is 1.76. The largest absolute Gasteiger partial charge is 0.348 e. The molecule has 0 unspecified atom stereocenters. The van der Waals surface area contributed by atoms with Gasteiger partial charge in [0.05, 0.1) is 12.4 Å². The zero-order chi connectivity index (χ0) is 6.91. The molecule has 1 aliphatic heterocycles. The fourth-order valence-electron chi connectivity index (χ4n) is 1.04. The Labute approximate surface area is 61.9 Å². The van der Waals surface area contributed by atoms with E-state index in [9.17, 15) is 0 Å². The van der Waals surface area contributed by atoms with E-state index in [1.165, 1.54) is 12.6 Å². The molecule has 0 amide bonds. The fourth-order valence-corrected chi connectivity index (χ4v) is 3.89. The van der Waals surface area contributed by atoms with Crippen molar-refractivity contribution in [2.75, 3.05) is 12.3 Å². The van der Waals surface area contributed by atoms with E-state index in [0.717, 1.165) is 6.16 Å². The van der Waals surface area contributed by atoms with Gasteiger partial charge >= 0.3 is 0 Å². The van der Waals surface area contributed by atoms with Crippen molar-refractivity contribution in [3.8, 4) is 0 Å². The molecule has 0 saturated carbocycles. The minimum Gasteiger partial charge on any atom is -0.348 e. The Morgan fingerprint density at radius 1 is 1.78 bits per heavy atom. The Hall–Kier alpha value is 0.610. The van der Waals surface area contributed by atoms with Crippen LogP contribution in [0.25, 0.3) is 0 Å². The summed E-state index contributed by atoms with van der Waals surface area (Å²) in [6.07, 6.45) is 2.60. The van der Waals surface area contributed by atoms with E-state index in [2.05, 4.69) is 13.8 Å². The Bertz CT molecular complexity index is 146. The maximum absolute atomic E-state index is 5.62. The van der Waals surface area contributed by atoms with E-state index in [4.69, 9.17) is 16.3 Å². The molecule has 0 spiro atoms. The molecule has 0 aliphatic carbocycles. The highest BCUT2D eigenvalue weighted by Crippen LogP contribution is 2.53. The predicted molar refractivity (Wildman–Crippen MR) is 44.9 cm³/mol. The SMILES string of the molecule is CC[P@@]1(=S)CC[C@@H](C)O1. The molecule has 0 aromatic carbocycles. The van der Waals surface area contributed by atoms with E-state index in [1.807, 2.05) is 0 Å². The lowest BCUT2D eigenvalue weighted by Gasteiger charge is -2.11. The summed E-state index contributed by atoms with van der Waals surface area (Å²) in [5.41, 5.74) is 0. The summed E-state index contributed by atoms with van der Waals surface area (Å²) in [5, 5.41) is 0. The van der Waals surface area contributed by atoms with Crippen molar-refractivity contribution >= 4 is 18.1 Å². The van der Waals surface area contributed by atoms with Crippen molar-refractivity contribution < 1.29 is 4.52 Å². The number of rotatable bonds is 1. The van der Waals surface area contributed by atoms with Crippen molar-refractivity contribution in [2.24, 2.45) is 0 Å². The van der Waals surface area contributed by atoms with E-state index in [1.54, 1.807) is 0 Å². The Kier molecular flexibility index (Phi) is 2.31. The van der Waals surface area contributed by atoms with Crippen LogP contribution >= 0.6 is 6.26 Å². The van der Waals surface area contributed by atoms with Crippen LogP contribution in [-0.4, -0.2) is 18.4 Å². The van der Waals surface area contributed by atoms with Crippen molar-refractivity contribution in [3.05, 3.63) is 0 Å². The Balaban J connectivity index is 2.55. The summed E-state index contributed by atoms with van der Waals surface area (Å²) in [4.78, 5) is 0. The van der Waals surface area contributed by atoms with Gasteiger partial charge in [-0.3, -0.25) is 0 Å². The van der Waals surface area contributed by atoms with Crippen LogP contribution in [0.4, 0.5) is 0 Å². The summed E-state index contributed by atoms with van der Waals surface area (Å²) in [5.74, 6) is 0. The lowest BCUT2D eigenvalue weighted by molar-refractivity contribution is 0.273. The number of hydrogen-bond donors (Lipinski definition) is 0. The molecule has 0 N–H and O–H groups in total. The van der Waals surface area contributed by atoms with Crippen molar-refractivity contribution in [2.45, 2.75) is 26.4 Å².